The third-order valence-corrected chi connectivity index (χ3v) is 13.6. The van der Waals surface area contributed by atoms with Gasteiger partial charge in [-0.05, 0) is 36.7 Å². The Balaban J connectivity index is 0. The molecule has 2 fully saturated rings. The predicted octanol–water partition coefficient (Wildman–Crippen LogP) is 8.91. The van der Waals surface area contributed by atoms with Crippen molar-refractivity contribution < 1.29 is 100 Å². The van der Waals surface area contributed by atoms with Gasteiger partial charge in [-0.2, -0.15) is 87.6 Å². The number of alkyl halides is 19. The molecule has 2 saturated heterocycles. The predicted molar refractivity (Wildman–Crippen MR) is 194 cm³/mol. The van der Waals surface area contributed by atoms with Crippen LogP contribution in [0.4, 0.5) is 79.0 Å². The van der Waals surface area contributed by atoms with Gasteiger partial charge in [-0.15, -0.1) is 24.0 Å². The first-order valence-corrected chi connectivity index (χ1v) is 21.3. The van der Waals surface area contributed by atoms with Crippen molar-refractivity contribution >= 4 is 66.6 Å². The molecule has 8 nitrogen and oxygen atoms in total. The third kappa shape index (κ3) is 12.1. The summed E-state index contributed by atoms with van der Waals surface area (Å²) in [5.41, 5.74) is 0. The average Bonchev–Trinajstić information content (AvgIpc) is 3.08. The Morgan fingerprint density at radius 3 is 1.02 bits per heavy atom. The average molecular weight is 1160 g/mol. The van der Waals surface area contributed by atoms with E-state index in [0.717, 1.165) is 0 Å². The van der Waals surface area contributed by atoms with Gasteiger partial charge in [0.2, 0.25) is 0 Å². The van der Waals surface area contributed by atoms with Crippen LogP contribution in [0.2, 0.25) is 0 Å². The van der Waals surface area contributed by atoms with E-state index in [9.17, 15) is 95.9 Å². The monoisotopic (exact) mass is 1160 g/mol. The molecule has 0 aliphatic carbocycles. The summed E-state index contributed by atoms with van der Waals surface area (Å²) in [6.07, 6.45) is -10.9. The van der Waals surface area contributed by atoms with Gasteiger partial charge >= 0.3 is 46.6 Å². The minimum absolute atomic E-state index is 0. The van der Waals surface area contributed by atoms with Gasteiger partial charge in [0, 0.05) is 26.2 Å². The molecule has 2 aliphatic heterocycles. The van der Waals surface area contributed by atoms with Crippen molar-refractivity contribution in [2.24, 2.45) is 0 Å². The van der Waals surface area contributed by atoms with Crippen LogP contribution in [-0.2, 0) is 20.0 Å². The molecule has 2 aliphatic rings. The van der Waals surface area contributed by atoms with Crippen molar-refractivity contribution in [1.29, 1.82) is 0 Å². The molecular formula is C28H45F18I2N4O4S2+. The molecule has 2 rings (SSSR count). The lowest BCUT2D eigenvalue weighted by Gasteiger charge is -2.45. The van der Waals surface area contributed by atoms with Crippen LogP contribution in [0.15, 0.2) is 0 Å². The largest absolute Gasteiger partial charge is 0.460 e. The van der Waals surface area contributed by atoms with Crippen molar-refractivity contribution in [3.63, 3.8) is 0 Å². The minimum atomic E-state index is -7.24. The molecule has 0 N–H and O–H groups in total. The molecule has 0 bridgehead atoms. The van der Waals surface area contributed by atoms with Gasteiger partial charge in [-0.3, -0.25) is 0 Å². The first kappa shape index (κ1) is 60.0. The SMILES string of the molecule is CCCI.CCCN1CCN(S(=O)(=O)C(F)(F)C(F)(F)C(F)(F)C(F)(F)F)CC1.CCC[N+]1(CCC)CCN(S(=O)(=O)C(F)(F)C(F)(F)C(F)(F)C(F)(F)F)CC1.I. The summed E-state index contributed by atoms with van der Waals surface area (Å²) in [5.74, 6) is -28.8. The highest BCUT2D eigenvalue weighted by Gasteiger charge is 2.87. The molecule has 58 heavy (non-hydrogen) atoms. The molecule has 0 radical (unpaired) electrons. The molecule has 0 aromatic carbocycles. The summed E-state index contributed by atoms with van der Waals surface area (Å²) in [4.78, 5) is 1.60. The maximum atomic E-state index is 13.9. The Morgan fingerprint density at radius 1 is 0.483 bits per heavy atom. The number of rotatable bonds is 15. The Morgan fingerprint density at radius 2 is 0.776 bits per heavy atom. The van der Waals surface area contributed by atoms with E-state index in [4.69, 9.17) is 0 Å². The highest BCUT2D eigenvalue weighted by Crippen LogP contribution is 2.56. The van der Waals surface area contributed by atoms with E-state index < -0.39 is 92.8 Å². The van der Waals surface area contributed by atoms with Gasteiger partial charge in [0.15, 0.2) is 0 Å². The fraction of sp³-hybridized carbons (Fsp3) is 1.00. The molecule has 0 atom stereocenters. The molecule has 30 heteroatoms. The first-order chi connectivity index (χ1) is 25.4. The number of sulfonamides is 2. The topological polar surface area (TPSA) is 78.0 Å². The van der Waals surface area contributed by atoms with Crippen LogP contribution >= 0.6 is 46.6 Å². The van der Waals surface area contributed by atoms with E-state index in [1.807, 2.05) is 13.8 Å². The number of quaternary nitrogens is 1. The van der Waals surface area contributed by atoms with Gasteiger partial charge < -0.3 is 9.38 Å². The molecule has 0 saturated carbocycles. The molecule has 0 amide bonds. The van der Waals surface area contributed by atoms with Crippen LogP contribution in [0, 0.1) is 0 Å². The fourth-order valence-electron chi connectivity index (χ4n) is 5.50. The van der Waals surface area contributed by atoms with E-state index in [2.05, 4.69) is 29.5 Å². The highest BCUT2D eigenvalue weighted by molar-refractivity contribution is 14.1. The van der Waals surface area contributed by atoms with Crippen molar-refractivity contribution in [2.45, 2.75) is 99.9 Å². The Bertz CT molecular complexity index is 1460. The second-order valence-electron chi connectivity index (χ2n) is 12.9. The van der Waals surface area contributed by atoms with E-state index in [0.29, 0.717) is 43.4 Å². The zero-order chi connectivity index (χ0) is 45.5. The molecular weight excluding hydrogens is 1120 g/mol. The number of hydrogen-bond acceptors (Lipinski definition) is 5. The van der Waals surface area contributed by atoms with Gasteiger partial charge in [0.1, 0.15) is 0 Å². The Hall–Kier alpha value is -0.0600. The summed E-state index contributed by atoms with van der Waals surface area (Å²) < 4.78 is 282. The maximum Gasteiger partial charge on any atom is 0.460 e. The second kappa shape index (κ2) is 21.5. The lowest BCUT2D eigenvalue weighted by molar-refractivity contribution is -0.931. The van der Waals surface area contributed by atoms with Gasteiger partial charge in [0.25, 0.3) is 20.0 Å². The van der Waals surface area contributed by atoms with Crippen LogP contribution in [0.25, 0.3) is 0 Å². The maximum absolute atomic E-state index is 13.9. The molecule has 0 aromatic heterocycles. The molecule has 0 spiro atoms. The molecule has 352 valence electrons. The van der Waals surface area contributed by atoms with Crippen LogP contribution in [0.5, 0.6) is 0 Å². The lowest BCUT2D eigenvalue weighted by Crippen LogP contribution is -2.68. The Kier molecular flexibility index (Phi) is 22.3. The second-order valence-corrected chi connectivity index (χ2v) is 17.9. The summed E-state index contributed by atoms with van der Waals surface area (Å²) in [6, 6.07) is 0. The smallest absolute Gasteiger partial charge is 0.321 e. The van der Waals surface area contributed by atoms with Gasteiger partial charge in [-0.25, -0.2) is 16.8 Å². The van der Waals surface area contributed by atoms with E-state index in [1.165, 1.54) is 10.8 Å². The number of hydrogen-bond donors (Lipinski definition) is 0. The highest BCUT2D eigenvalue weighted by atomic mass is 127. The summed E-state index contributed by atoms with van der Waals surface area (Å²) in [7, 11) is -12.9. The lowest BCUT2D eigenvalue weighted by atomic mass is 10.1. The quantitative estimate of drug-likeness (QED) is 0.0710. The fourth-order valence-corrected chi connectivity index (χ4v) is 8.34. The molecule has 0 aromatic rings. The summed E-state index contributed by atoms with van der Waals surface area (Å²) in [6.45, 7) is 5.93. The standard InChI is InChI=1S/C14H22F9N2O2S.C11H15F9N2O2S.C3H7I.HI/c1-3-7-25(8-4-2)9-5-24(6-10-25)28(26,27)14(22,23)12(17,18)11(15,16)13(19,20)21;1-2-3-21-4-6-22(7-5-21)25(23,24)11(19,20)9(14,15)8(12,13)10(16,17)18;1-2-3-4;/h3-10H2,1-2H3;2-7H2,1H3;2-3H2,1H3;1H/q+1;;;. The Labute approximate surface area is 355 Å². The third-order valence-electron chi connectivity index (χ3n) is 8.66. The van der Waals surface area contributed by atoms with Crippen LogP contribution in [-0.4, -0.2) is 158 Å². The van der Waals surface area contributed by atoms with Crippen molar-refractivity contribution in [3.8, 4) is 0 Å². The molecule has 2 heterocycles. The molecule has 0 unspecified atom stereocenters. The normalized spacial score (nSPS) is 19.0. The van der Waals surface area contributed by atoms with Crippen molar-refractivity contribution in [2.75, 3.05) is 76.4 Å². The number of nitrogens with zero attached hydrogens (tertiary/aromatic N) is 4. The first-order valence-electron chi connectivity index (χ1n) is 16.9. The van der Waals surface area contributed by atoms with E-state index in [-0.39, 0.29) is 58.8 Å². The summed E-state index contributed by atoms with van der Waals surface area (Å²) >= 11 is 2.35. The van der Waals surface area contributed by atoms with E-state index >= 15 is 0 Å². The number of piperazine rings is 2. The van der Waals surface area contributed by atoms with Gasteiger partial charge in [-0.1, -0.05) is 50.3 Å². The summed E-state index contributed by atoms with van der Waals surface area (Å²) in [5, 5.41) is -13.3. The zero-order valence-electron chi connectivity index (χ0n) is 31.1. The van der Waals surface area contributed by atoms with E-state index in [1.54, 1.807) is 11.8 Å². The minimum Gasteiger partial charge on any atom is -0.321 e. The van der Waals surface area contributed by atoms with Crippen LogP contribution in [0.1, 0.15) is 53.4 Å². The van der Waals surface area contributed by atoms with Crippen LogP contribution in [0.3, 0.4) is 0 Å². The number of halogens is 20. The zero-order valence-corrected chi connectivity index (χ0v) is 37.3. The van der Waals surface area contributed by atoms with Gasteiger partial charge in [0.05, 0.1) is 39.3 Å². The van der Waals surface area contributed by atoms with Crippen LogP contribution < -0.4 is 0 Å². The van der Waals surface area contributed by atoms with Crippen molar-refractivity contribution in [3.05, 3.63) is 0 Å². The van der Waals surface area contributed by atoms with Crippen molar-refractivity contribution in [1.82, 2.24) is 13.5 Å².